The first-order valence-electron chi connectivity index (χ1n) is 4.72. The summed E-state index contributed by atoms with van der Waals surface area (Å²) < 4.78 is 0. The Kier molecular flexibility index (Phi) is 3.24. The number of anilines is 1. The number of thiol groups is 1. The molecule has 2 rings (SSSR count). The van der Waals surface area contributed by atoms with E-state index in [2.05, 4.69) is 33.1 Å². The molecule has 0 amide bonds. The van der Waals surface area contributed by atoms with Crippen molar-refractivity contribution in [3.63, 3.8) is 0 Å². The van der Waals surface area contributed by atoms with Crippen molar-refractivity contribution in [2.24, 2.45) is 0 Å². The summed E-state index contributed by atoms with van der Waals surface area (Å²) in [5.74, 6) is 1.56. The molecule has 0 aliphatic carbocycles. The third-order valence-corrected chi connectivity index (χ3v) is 2.18. The topological polar surface area (TPSA) is 53.6 Å². The molecule has 0 unspecified atom stereocenters. The van der Waals surface area contributed by atoms with E-state index in [1.165, 1.54) is 0 Å². The Morgan fingerprint density at radius 3 is 2.80 bits per heavy atom. The fraction of sp³-hybridized carbons (Fsp3) is 0.200. The van der Waals surface area contributed by atoms with Crippen molar-refractivity contribution >= 4 is 18.4 Å². The molecule has 0 spiro atoms. The van der Waals surface area contributed by atoms with Gasteiger partial charge in [-0.3, -0.25) is 0 Å². The van der Waals surface area contributed by atoms with Crippen LogP contribution in [-0.4, -0.2) is 27.5 Å². The molecule has 0 aromatic carbocycles. The Bertz CT molecular complexity index is 396. The Hall–Kier alpha value is -1.49. The van der Waals surface area contributed by atoms with Gasteiger partial charge in [0.05, 0.1) is 5.69 Å². The number of H-pyrrole nitrogens is 1. The monoisotopic (exact) mass is 220 g/mol. The lowest BCUT2D eigenvalue weighted by atomic mass is 10.3. The molecule has 0 aliphatic rings. The van der Waals surface area contributed by atoms with E-state index < -0.39 is 0 Å². The van der Waals surface area contributed by atoms with Gasteiger partial charge in [0.2, 0.25) is 0 Å². The predicted molar refractivity (Wildman–Crippen MR) is 64.2 cm³/mol. The molecule has 0 bridgehead atoms. The van der Waals surface area contributed by atoms with Crippen LogP contribution in [0.5, 0.6) is 0 Å². The van der Waals surface area contributed by atoms with E-state index in [-0.39, 0.29) is 0 Å². The van der Waals surface area contributed by atoms with Crippen molar-refractivity contribution in [3.05, 3.63) is 30.5 Å². The third kappa shape index (κ3) is 2.50. The maximum Gasteiger partial charge on any atom is 0.148 e. The summed E-state index contributed by atoms with van der Waals surface area (Å²) in [6, 6.07) is 7.74. The zero-order valence-electron chi connectivity index (χ0n) is 8.14. The molecule has 2 aromatic rings. The Labute approximate surface area is 93.5 Å². The van der Waals surface area contributed by atoms with E-state index in [1.54, 1.807) is 0 Å². The molecular weight excluding hydrogens is 208 g/mol. The van der Waals surface area contributed by atoms with Crippen molar-refractivity contribution in [2.75, 3.05) is 17.6 Å². The van der Waals surface area contributed by atoms with Gasteiger partial charge in [-0.1, -0.05) is 0 Å². The van der Waals surface area contributed by atoms with Gasteiger partial charge in [0, 0.05) is 18.5 Å². The molecule has 5 heteroatoms. The molecule has 2 heterocycles. The maximum atomic E-state index is 4.11. The lowest BCUT2D eigenvalue weighted by Crippen LogP contribution is -2.05. The Morgan fingerprint density at radius 1 is 1.27 bits per heavy atom. The van der Waals surface area contributed by atoms with E-state index in [4.69, 9.17) is 0 Å². The zero-order valence-corrected chi connectivity index (χ0v) is 9.04. The molecule has 2 aromatic heterocycles. The molecule has 78 valence electrons. The summed E-state index contributed by atoms with van der Waals surface area (Å²) >= 11 is 4.10. The molecular formula is C10H12N4S. The van der Waals surface area contributed by atoms with Crippen molar-refractivity contribution in [3.8, 4) is 11.4 Å². The van der Waals surface area contributed by atoms with Crippen LogP contribution in [0.1, 0.15) is 0 Å². The van der Waals surface area contributed by atoms with Gasteiger partial charge in [-0.15, -0.1) is 10.2 Å². The van der Waals surface area contributed by atoms with Gasteiger partial charge in [0.25, 0.3) is 0 Å². The van der Waals surface area contributed by atoms with Crippen LogP contribution < -0.4 is 5.32 Å². The molecule has 0 atom stereocenters. The second kappa shape index (κ2) is 4.84. The first-order chi connectivity index (χ1) is 7.40. The average Bonchev–Trinajstić information content (AvgIpc) is 2.80. The highest BCUT2D eigenvalue weighted by atomic mass is 32.1. The summed E-state index contributed by atoms with van der Waals surface area (Å²) in [7, 11) is 0. The normalized spacial score (nSPS) is 10.2. The van der Waals surface area contributed by atoms with Crippen molar-refractivity contribution in [1.29, 1.82) is 0 Å². The maximum absolute atomic E-state index is 4.11. The van der Waals surface area contributed by atoms with Gasteiger partial charge in [0.15, 0.2) is 0 Å². The SMILES string of the molecule is SCCNc1ccc(-c2ccc[nH]2)nn1. The molecule has 15 heavy (non-hydrogen) atoms. The number of hydrogen-bond acceptors (Lipinski definition) is 4. The number of rotatable bonds is 4. The Morgan fingerprint density at radius 2 is 2.20 bits per heavy atom. The molecule has 4 nitrogen and oxygen atoms in total. The van der Waals surface area contributed by atoms with Gasteiger partial charge < -0.3 is 10.3 Å². The number of nitrogens with zero attached hydrogens (tertiary/aromatic N) is 2. The fourth-order valence-electron chi connectivity index (χ4n) is 1.24. The van der Waals surface area contributed by atoms with E-state index in [1.807, 2.05) is 30.5 Å². The molecule has 0 fully saturated rings. The van der Waals surface area contributed by atoms with Crippen LogP contribution in [0, 0.1) is 0 Å². The number of hydrogen-bond donors (Lipinski definition) is 3. The van der Waals surface area contributed by atoms with Crippen LogP contribution in [0.15, 0.2) is 30.5 Å². The van der Waals surface area contributed by atoms with Gasteiger partial charge in [-0.05, 0) is 24.3 Å². The summed E-state index contributed by atoms with van der Waals surface area (Å²) in [6.45, 7) is 0.791. The van der Waals surface area contributed by atoms with Gasteiger partial charge in [0.1, 0.15) is 11.5 Å². The lowest BCUT2D eigenvalue weighted by Gasteiger charge is -2.02. The highest BCUT2D eigenvalue weighted by Gasteiger charge is 2.00. The minimum atomic E-state index is 0.777. The van der Waals surface area contributed by atoms with Crippen LogP contribution in [0.25, 0.3) is 11.4 Å². The molecule has 0 radical (unpaired) electrons. The van der Waals surface area contributed by atoms with Crippen molar-refractivity contribution in [2.45, 2.75) is 0 Å². The third-order valence-electron chi connectivity index (χ3n) is 1.96. The smallest absolute Gasteiger partial charge is 0.148 e. The van der Waals surface area contributed by atoms with Gasteiger partial charge in [-0.25, -0.2) is 0 Å². The molecule has 2 N–H and O–H groups in total. The minimum Gasteiger partial charge on any atom is -0.368 e. The van der Waals surface area contributed by atoms with E-state index in [9.17, 15) is 0 Å². The number of aromatic nitrogens is 3. The zero-order chi connectivity index (χ0) is 10.5. The largest absolute Gasteiger partial charge is 0.368 e. The first-order valence-corrected chi connectivity index (χ1v) is 5.35. The number of nitrogens with one attached hydrogen (secondary N) is 2. The van der Waals surface area contributed by atoms with Gasteiger partial charge in [-0.2, -0.15) is 12.6 Å². The van der Waals surface area contributed by atoms with Crippen LogP contribution >= 0.6 is 12.6 Å². The van der Waals surface area contributed by atoms with Crippen LogP contribution in [-0.2, 0) is 0 Å². The second-order valence-corrected chi connectivity index (χ2v) is 3.49. The summed E-state index contributed by atoms with van der Waals surface area (Å²) in [4.78, 5) is 3.08. The number of aromatic amines is 1. The van der Waals surface area contributed by atoms with Crippen LogP contribution in [0.4, 0.5) is 5.82 Å². The van der Waals surface area contributed by atoms with Crippen LogP contribution in [0.3, 0.4) is 0 Å². The summed E-state index contributed by atoms with van der Waals surface area (Å²) in [5, 5.41) is 11.3. The second-order valence-electron chi connectivity index (χ2n) is 3.04. The van der Waals surface area contributed by atoms with Gasteiger partial charge >= 0.3 is 0 Å². The quantitative estimate of drug-likeness (QED) is 0.689. The van der Waals surface area contributed by atoms with E-state index in [0.29, 0.717) is 0 Å². The molecule has 0 saturated carbocycles. The van der Waals surface area contributed by atoms with E-state index in [0.717, 1.165) is 29.5 Å². The van der Waals surface area contributed by atoms with E-state index >= 15 is 0 Å². The van der Waals surface area contributed by atoms with Crippen LogP contribution in [0.2, 0.25) is 0 Å². The minimum absolute atomic E-state index is 0.777. The standard InChI is InChI=1S/C10H12N4S/c15-7-6-12-10-4-3-9(13-14-10)8-2-1-5-11-8/h1-5,11,15H,6-7H2,(H,12,14). The Balaban J connectivity index is 2.11. The highest BCUT2D eigenvalue weighted by Crippen LogP contribution is 2.13. The molecule has 0 saturated heterocycles. The lowest BCUT2D eigenvalue weighted by molar-refractivity contribution is 1.02. The average molecular weight is 220 g/mol. The highest BCUT2D eigenvalue weighted by molar-refractivity contribution is 7.80. The fourth-order valence-corrected chi connectivity index (χ4v) is 1.36. The summed E-state index contributed by atoms with van der Waals surface area (Å²) in [6.07, 6.45) is 1.87. The first kappa shape index (κ1) is 10.0. The predicted octanol–water partition coefficient (Wildman–Crippen LogP) is 1.81. The summed E-state index contributed by atoms with van der Waals surface area (Å²) in [5.41, 5.74) is 1.82. The van der Waals surface area contributed by atoms with Crippen molar-refractivity contribution in [1.82, 2.24) is 15.2 Å². The molecule has 0 aliphatic heterocycles. The van der Waals surface area contributed by atoms with Crippen molar-refractivity contribution < 1.29 is 0 Å².